The van der Waals surface area contributed by atoms with Gasteiger partial charge >= 0.3 is 12.1 Å². The van der Waals surface area contributed by atoms with E-state index in [9.17, 15) is 27.9 Å². The van der Waals surface area contributed by atoms with Gasteiger partial charge in [0.2, 0.25) is 0 Å². The van der Waals surface area contributed by atoms with E-state index in [1.54, 1.807) is 29.2 Å². The standard InChI is InChI=1S/C32H28F5N3O4/c1-17-9-10-38-29(28(17)32(35,36)37)23-8-7-19(21-5-3-4-6-22(21)23)13-26(31(42)43)39-30(41)27-24(33)14-20(15-25(27)34)40-11-12-44-16-18(40)2/h3-10,14-15,18,26H,11-13,16H2,1-2H3,(H,39,41)(H,42,43)/t18-,26-/m0/s1. The molecule has 1 amide bonds. The number of ether oxygens (including phenoxy) is 1. The number of halogens is 5. The molecule has 5 rings (SSSR count). The second kappa shape index (κ2) is 12.2. The van der Waals surface area contributed by atoms with Crippen LogP contribution in [0.1, 0.15) is 34.0 Å². The van der Waals surface area contributed by atoms with Gasteiger partial charge in [-0.3, -0.25) is 9.78 Å². The summed E-state index contributed by atoms with van der Waals surface area (Å²) in [4.78, 5) is 31.0. The quantitative estimate of drug-likeness (QED) is 0.243. The lowest BCUT2D eigenvalue weighted by molar-refractivity contribution is -0.139. The van der Waals surface area contributed by atoms with Crippen molar-refractivity contribution in [3.05, 3.63) is 94.7 Å². The molecule has 0 radical (unpaired) electrons. The average Bonchev–Trinajstić information content (AvgIpc) is 2.96. The number of morpholine rings is 1. The van der Waals surface area contributed by atoms with Gasteiger partial charge in [0, 0.05) is 36.5 Å². The molecule has 12 heteroatoms. The summed E-state index contributed by atoms with van der Waals surface area (Å²) in [5.41, 5.74) is -1.28. The summed E-state index contributed by atoms with van der Waals surface area (Å²) in [7, 11) is 0. The summed E-state index contributed by atoms with van der Waals surface area (Å²) < 4.78 is 77.5. The summed E-state index contributed by atoms with van der Waals surface area (Å²) in [6.07, 6.45) is -3.71. The molecule has 0 aliphatic carbocycles. The predicted octanol–water partition coefficient (Wildman–Crippen LogP) is 6.16. The van der Waals surface area contributed by atoms with E-state index in [0.717, 1.165) is 12.1 Å². The number of nitrogens with zero attached hydrogens (tertiary/aromatic N) is 2. The van der Waals surface area contributed by atoms with Crippen LogP contribution in [0.15, 0.2) is 60.8 Å². The largest absolute Gasteiger partial charge is 0.480 e. The third kappa shape index (κ3) is 6.07. The first-order valence-corrected chi connectivity index (χ1v) is 13.8. The number of nitrogens with one attached hydrogen (secondary N) is 1. The molecular weight excluding hydrogens is 585 g/mol. The molecule has 1 aliphatic heterocycles. The second-order valence-electron chi connectivity index (χ2n) is 10.6. The topological polar surface area (TPSA) is 91.8 Å². The van der Waals surface area contributed by atoms with E-state index in [0.29, 0.717) is 36.1 Å². The molecule has 0 unspecified atom stereocenters. The molecule has 2 atom stereocenters. The predicted molar refractivity (Wildman–Crippen MR) is 153 cm³/mol. The highest BCUT2D eigenvalue weighted by atomic mass is 19.4. The first-order chi connectivity index (χ1) is 20.9. The zero-order valence-corrected chi connectivity index (χ0v) is 23.7. The van der Waals surface area contributed by atoms with Crippen LogP contribution in [-0.2, 0) is 22.1 Å². The van der Waals surface area contributed by atoms with Crippen molar-refractivity contribution in [3.63, 3.8) is 0 Å². The maximum atomic E-state index is 15.1. The molecule has 44 heavy (non-hydrogen) atoms. The molecule has 1 aliphatic rings. The maximum absolute atomic E-state index is 15.1. The molecule has 2 heterocycles. The number of pyridine rings is 1. The van der Waals surface area contributed by atoms with Crippen LogP contribution < -0.4 is 10.2 Å². The Morgan fingerprint density at radius 3 is 2.41 bits per heavy atom. The third-order valence-electron chi connectivity index (χ3n) is 7.69. The SMILES string of the molecule is Cc1ccnc(-c2ccc(C[C@H](NC(=O)c3c(F)cc(N4CCOC[C@@H]4C)cc3F)C(=O)O)c3ccccc23)c1C(F)(F)F. The Kier molecular flexibility index (Phi) is 8.55. The molecule has 0 saturated carbocycles. The van der Waals surface area contributed by atoms with E-state index in [1.807, 2.05) is 6.92 Å². The smallest absolute Gasteiger partial charge is 0.418 e. The molecular formula is C32H28F5N3O4. The highest BCUT2D eigenvalue weighted by Crippen LogP contribution is 2.40. The third-order valence-corrected chi connectivity index (χ3v) is 7.69. The van der Waals surface area contributed by atoms with E-state index >= 15 is 8.78 Å². The minimum Gasteiger partial charge on any atom is -0.480 e. The number of carboxylic acids is 1. The molecule has 1 saturated heterocycles. The van der Waals surface area contributed by atoms with Crippen molar-refractivity contribution in [1.82, 2.24) is 10.3 Å². The van der Waals surface area contributed by atoms with Gasteiger partial charge in [-0.05, 0) is 53.9 Å². The summed E-state index contributed by atoms with van der Waals surface area (Å²) in [5.74, 6) is -5.03. The number of fused-ring (bicyclic) bond motifs is 1. The Hall–Kier alpha value is -4.58. The van der Waals surface area contributed by atoms with Gasteiger partial charge in [0.25, 0.3) is 5.91 Å². The van der Waals surface area contributed by atoms with Crippen molar-refractivity contribution in [2.45, 2.75) is 38.5 Å². The highest BCUT2D eigenvalue weighted by molar-refractivity contribution is 6.00. The molecule has 230 valence electrons. The number of benzene rings is 3. The van der Waals surface area contributed by atoms with Gasteiger partial charge in [-0.2, -0.15) is 13.2 Å². The van der Waals surface area contributed by atoms with Gasteiger partial charge in [0.15, 0.2) is 0 Å². The molecule has 1 fully saturated rings. The van der Waals surface area contributed by atoms with Crippen LogP contribution in [0.2, 0.25) is 0 Å². The van der Waals surface area contributed by atoms with Crippen molar-refractivity contribution < 1.29 is 41.4 Å². The number of carbonyl (C=O) groups is 2. The van der Waals surface area contributed by atoms with Crippen LogP contribution in [0.3, 0.4) is 0 Å². The normalized spacial score (nSPS) is 16.2. The average molecular weight is 614 g/mol. The summed E-state index contributed by atoms with van der Waals surface area (Å²) >= 11 is 0. The Bertz CT molecular complexity index is 1720. The van der Waals surface area contributed by atoms with Crippen molar-refractivity contribution in [1.29, 1.82) is 0 Å². The van der Waals surface area contributed by atoms with E-state index in [4.69, 9.17) is 4.74 Å². The van der Waals surface area contributed by atoms with E-state index in [2.05, 4.69) is 10.3 Å². The Morgan fingerprint density at radius 1 is 1.09 bits per heavy atom. The monoisotopic (exact) mass is 613 g/mol. The maximum Gasteiger partial charge on any atom is 0.418 e. The number of aryl methyl sites for hydroxylation is 1. The van der Waals surface area contributed by atoms with Crippen molar-refractivity contribution in [2.75, 3.05) is 24.7 Å². The summed E-state index contributed by atoms with van der Waals surface area (Å²) in [5, 5.41) is 12.9. The fourth-order valence-corrected chi connectivity index (χ4v) is 5.57. The first kappa shape index (κ1) is 30.9. The van der Waals surface area contributed by atoms with Gasteiger partial charge < -0.3 is 20.1 Å². The van der Waals surface area contributed by atoms with Gasteiger partial charge in [-0.25, -0.2) is 13.6 Å². The number of alkyl halides is 3. The first-order valence-electron chi connectivity index (χ1n) is 13.8. The molecule has 7 nitrogen and oxygen atoms in total. The number of hydrogen-bond donors (Lipinski definition) is 2. The lowest BCUT2D eigenvalue weighted by Crippen LogP contribution is -2.44. The van der Waals surface area contributed by atoms with Crippen molar-refractivity contribution in [3.8, 4) is 11.3 Å². The fraction of sp³-hybridized carbons (Fsp3) is 0.281. The number of hydrogen-bond acceptors (Lipinski definition) is 5. The van der Waals surface area contributed by atoms with Gasteiger partial charge in [-0.1, -0.05) is 36.4 Å². The molecule has 1 aromatic heterocycles. The van der Waals surface area contributed by atoms with E-state index < -0.39 is 46.9 Å². The van der Waals surface area contributed by atoms with Crippen molar-refractivity contribution >= 4 is 28.3 Å². The van der Waals surface area contributed by atoms with Crippen molar-refractivity contribution in [2.24, 2.45) is 0 Å². The fourth-order valence-electron chi connectivity index (χ4n) is 5.57. The van der Waals surface area contributed by atoms with Crippen LogP contribution >= 0.6 is 0 Å². The van der Waals surface area contributed by atoms with E-state index in [1.165, 1.54) is 31.3 Å². The van der Waals surface area contributed by atoms with Gasteiger partial charge in [0.05, 0.1) is 24.5 Å². The molecule has 0 bridgehead atoms. The highest BCUT2D eigenvalue weighted by Gasteiger charge is 2.37. The van der Waals surface area contributed by atoms with Crippen LogP contribution in [0.4, 0.5) is 27.6 Å². The lowest BCUT2D eigenvalue weighted by atomic mass is 9.92. The zero-order valence-electron chi connectivity index (χ0n) is 23.7. The number of aromatic nitrogens is 1. The van der Waals surface area contributed by atoms with Crippen LogP contribution in [-0.4, -0.2) is 53.8 Å². The second-order valence-corrected chi connectivity index (χ2v) is 10.6. The lowest BCUT2D eigenvalue weighted by Gasteiger charge is -2.35. The minimum absolute atomic E-state index is 0.00346. The summed E-state index contributed by atoms with van der Waals surface area (Å²) in [6.45, 7) is 4.31. The molecule has 2 N–H and O–H groups in total. The number of anilines is 1. The van der Waals surface area contributed by atoms with Gasteiger partial charge in [-0.15, -0.1) is 0 Å². The number of rotatable bonds is 7. The number of carbonyl (C=O) groups excluding carboxylic acids is 1. The number of aliphatic carboxylic acids is 1. The molecule has 0 spiro atoms. The number of amides is 1. The molecule has 4 aromatic rings. The Morgan fingerprint density at radius 2 is 1.77 bits per heavy atom. The Labute approximate surface area is 249 Å². The molecule has 3 aromatic carbocycles. The van der Waals surface area contributed by atoms with Crippen LogP contribution in [0.5, 0.6) is 0 Å². The number of carboxylic acid groups (broad SMARTS) is 1. The Balaban J connectivity index is 1.46. The van der Waals surface area contributed by atoms with Gasteiger partial charge in [0.1, 0.15) is 23.2 Å². The minimum atomic E-state index is -4.67. The summed E-state index contributed by atoms with van der Waals surface area (Å²) in [6, 6.07) is 10.9. The van der Waals surface area contributed by atoms with E-state index in [-0.39, 0.29) is 35.0 Å². The van der Waals surface area contributed by atoms with Crippen LogP contribution in [0, 0.1) is 18.6 Å². The zero-order chi connectivity index (χ0) is 31.8. The van der Waals surface area contributed by atoms with Crippen LogP contribution in [0.25, 0.3) is 22.0 Å².